The van der Waals surface area contributed by atoms with Gasteiger partial charge in [0.2, 0.25) is 0 Å². The zero-order valence-electron chi connectivity index (χ0n) is 5.47. The van der Waals surface area contributed by atoms with E-state index in [0.717, 1.165) is 0 Å². The van der Waals surface area contributed by atoms with E-state index in [9.17, 15) is 0 Å². The molecule has 0 radical (unpaired) electrons. The molecular formula is C5H11NOW. The van der Waals surface area contributed by atoms with Crippen LogP contribution in [0.25, 0.3) is 0 Å². The summed E-state index contributed by atoms with van der Waals surface area (Å²) in [4.78, 5) is 4.33. The first-order valence-electron chi connectivity index (χ1n) is 1.67. The SMILES string of the molecule is [CH2-]C(C)=NOC.[CH3-].[W+2]. The van der Waals surface area contributed by atoms with Crippen molar-refractivity contribution in [2.45, 2.75) is 6.92 Å². The van der Waals surface area contributed by atoms with E-state index in [1.807, 2.05) is 0 Å². The summed E-state index contributed by atoms with van der Waals surface area (Å²) < 4.78 is 0. The first-order chi connectivity index (χ1) is 2.77. The molecule has 0 aliphatic carbocycles. The number of hydrogen-bond acceptors (Lipinski definition) is 2. The minimum Gasteiger partial charge on any atom is -0.402 e. The number of oxime groups is 1. The van der Waals surface area contributed by atoms with Crippen molar-refractivity contribution < 1.29 is 25.9 Å². The summed E-state index contributed by atoms with van der Waals surface area (Å²) in [5.74, 6) is 0. The standard InChI is InChI=1S/C4H8NO.CH3.W/c1-4(2)5-6-3;;/h1H2,2-3H3;1H3;/q2*-1;+2. The van der Waals surface area contributed by atoms with Gasteiger partial charge < -0.3 is 19.2 Å². The normalized spacial score (nSPS) is 8.50. The maximum atomic E-state index is 4.33. The largest absolute Gasteiger partial charge is 2.00 e. The van der Waals surface area contributed by atoms with Crippen molar-refractivity contribution >= 4 is 5.71 Å². The van der Waals surface area contributed by atoms with Crippen LogP contribution < -0.4 is 0 Å². The van der Waals surface area contributed by atoms with Crippen LogP contribution in [0.15, 0.2) is 5.16 Å². The van der Waals surface area contributed by atoms with E-state index in [0.29, 0.717) is 5.71 Å². The Morgan fingerprint density at radius 2 is 2.00 bits per heavy atom. The second-order valence-electron chi connectivity index (χ2n) is 1.01. The van der Waals surface area contributed by atoms with Gasteiger partial charge in [0.25, 0.3) is 0 Å². The van der Waals surface area contributed by atoms with Crippen molar-refractivity contribution in [3.05, 3.63) is 14.4 Å². The summed E-state index contributed by atoms with van der Waals surface area (Å²) >= 11 is 0. The summed E-state index contributed by atoms with van der Waals surface area (Å²) in [6.07, 6.45) is 0. The van der Waals surface area contributed by atoms with E-state index in [4.69, 9.17) is 0 Å². The molecule has 0 amide bonds. The van der Waals surface area contributed by atoms with Crippen molar-refractivity contribution in [3.63, 3.8) is 0 Å². The Bertz CT molecular complexity index is 59.4. The van der Waals surface area contributed by atoms with E-state index in [-0.39, 0.29) is 28.5 Å². The Morgan fingerprint density at radius 1 is 1.62 bits per heavy atom. The van der Waals surface area contributed by atoms with Gasteiger partial charge in [0.05, 0.1) is 0 Å². The third-order valence-electron chi connectivity index (χ3n) is 0.247. The molecule has 2 nitrogen and oxygen atoms in total. The fourth-order valence-electron chi connectivity index (χ4n) is 0.156. The molecule has 0 atom stereocenters. The van der Waals surface area contributed by atoms with Gasteiger partial charge in [-0.05, 0) is 0 Å². The molecule has 0 spiro atoms. The minimum atomic E-state index is 0. The molecule has 0 aliphatic heterocycles. The molecule has 0 aliphatic rings. The van der Waals surface area contributed by atoms with Crippen molar-refractivity contribution in [1.29, 1.82) is 0 Å². The average Bonchev–Trinajstić information content (AvgIpc) is 1.35. The van der Waals surface area contributed by atoms with Crippen LogP contribution in [0, 0.1) is 14.4 Å². The molecule has 0 rings (SSSR count). The van der Waals surface area contributed by atoms with Crippen LogP contribution in [0.2, 0.25) is 0 Å². The van der Waals surface area contributed by atoms with Gasteiger partial charge in [0.1, 0.15) is 7.11 Å². The monoisotopic (exact) mass is 285 g/mol. The molecule has 0 saturated heterocycles. The van der Waals surface area contributed by atoms with Gasteiger partial charge in [-0.25, -0.2) is 0 Å². The Morgan fingerprint density at radius 3 is 2.00 bits per heavy atom. The van der Waals surface area contributed by atoms with Crippen molar-refractivity contribution in [3.8, 4) is 0 Å². The first-order valence-corrected chi connectivity index (χ1v) is 1.67. The van der Waals surface area contributed by atoms with Crippen LogP contribution in [-0.4, -0.2) is 12.8 Å². The molecule has 0 aromatic rings. The van der Waals surface area contributed by atoms with E-state index >= 15 is 0 Å². The van der Waals surface area contributed by atoms with Gasteiger partial charge in [-0.3, -0.25) is 0 Å². The van der Waals surface area contributed by atoms with Crippen LogP contribution in [-0.2, 0) is 25.9 Å². The topological polar surface area (TPSA) is 21.6 Å². The fraction of sp³-hybridized carbons (Fsp3) is 0.400. The zero-order valence-corrected chi connectivity index (χ0v) is 8.40. The van der Waals surface area contributed by atoms with E-state index < -0.39 is 0 Å². The minimum absolute atomic E-state index is 0. The molecule has 0 saturated carbocycles. The Hall–Kier alpha value is 0.0283. The second-order valence-corrected chi connectivity index (χ2v) is 1.01. The van der Waals surface area contributed by atoms with Gasteiger partial charge in [-0.1, -0.05) is 12.6 Å². The second kappa shape index (κ2) is 10.1. The van der Waals surface area contributed by atoms with Crippen molar-refractivity contribution in [1.82, 2.24) is 0 Å². The van der Waals surface area contributed by atoms with Crippen LogP contribution in [0.1, 0.15) is 6.92 Å². The summed E-state index contributed by atoms with van der Waals surface area (Å²) in [6.45, 7) is 5.22. The molecule has 0 N–H and O–H groups in total. The average molecular weight is 285 g/mol. The summed E-state index contributed by atoms with van der Waals surface area (Å²) in [7, 11) is 1.49. The molecule has 0 bridgehead atoms. The smallest absolute Gasteiger partial charge is 0.402 e. The molecular weight excluding hydrogens is 274 g/mol. The van der Waals surface area contributed by atoms with E-state index in [1.165, 1.54) is 7.11 Å². The third-order valence-corrected chi connectivity index (χ3v) is 0.247. The number of rotatable bonds is 1. The molecule has 48 valence electrons. The van der Waals surface area contributed by atoms with Crippen molar-refractivity contribution in [2.24, 2.45) is 5.16 Å². The van der Waals surface area contributed by atoms with Gasteiger partial charge in [-0.15, -0.1) is 5.16 Å². The fourth-order valence-corrected chi connectivity index (χ4v) is 0.156. The van der Waals surface area contributed by atoms with Gasteiger partial charge >= 0.3 is 21.1 Å². The zero-order chi connectivity index (χ0) is 4.99. The summed E-state index contributed by atoms with van der Waals surface area (Å²) in [5.41, 5.74) is 0.692. The molecule has 3 heteroatoms. The predicted octanol–water partition coefficient (Wildman–Crippen LogP) is 1.29. The summed E-state index contributed by atoms with van der Waals surface area (Å²) in [6, 6.07) is 0. The Balaban J connectivity index is -0.000000125. The molecule has 0 aromatic carbocycles. The molecule has 0 heterocycles. The molecule has 8 heavy (non-hydrogen) atoms. The Kier molecular flexibility index (Phi) is 19.8. The van der Waals surface area contributed by atoms with Crippen LogP contribution in [0.3, 0.4) is 0 Å². The third kappa shape index (κ3) is 16.6. The summed E-state index contributed by atoms with van der Waals surface area (Å²) in [5, 5.41) is 3.43. The first kappa shape index (κ1) is 15.7. The van der Waals surface area contributed by atoms with E-state index in [2.05, 4.69) is 16.9 Å². The molecule has 0 aromatic heterocycles. The molecule has 0 unspecified atom stereocenters. The number of hydrogen-bond donors (Lipinski definition) is 0. The van der Waals surface area contributed by atoms with Crippen LogP contribution >= 0.6 is 0 Å². The van der Waals surface area contributed by atoms with Crippen LogP contribution in [0.4, 0.5) is 0 Å². The van der Waals surface area contributed by atoms with Crippen LogP contribution in [0.5, 0.6) is 0 Å². The molecule has 0 fully saturated rings. The predicted molar refractivity (Wildman–Crippen MR) is 31.9 cm³/mol. The van der Waals surface area contributed by atoms with Gasteiger partial charge in [-0.2, -0.15) is 0 Å². The van der Waals surface area contributed by atoms with Gasteiger partial charge in [0, 0.05) is 0 Å². The van der Waals surface area contributed by atoms with Gasteiger partial charge in [0.15, 0.2) is 0 Å². The number of nitrogens with zero attached hydrogens (tertiary/aromatic N) is 1. The van der Waals surface area contributed by atoms with Crippen molar-refractivity contribution in [2.75, 3.05) is 7.11 Å². The maximum Gasteiger partial charge on any atom is 2.00 e. The maximum absolute atomic E-state index is 4.33. The quantitative estimate of drug-likeness (QED) is 0.404. The van der Waals surface area contributed by atoms with E-state index in [1.54, 1.807) is 6.92 Å². The Labute approximate surface area is 65.6 Å².